The summed E-state index contributed by atoms with van der Waals surface area (Å²) in [4.78, 5) is 0. The lowest BCUT2D eigenvalue weighted by Gasteiger charge is -2.22. The number of rotatable bonds is 15. The highest BCUT2D eigenvalue weighted by Gasteiger charge is 2.20. The van der Waals surface area contributed by atoms with Crippen molar-refractivity contribution in [2.75, 3.05) is 0 Å². The third-order valence-electron chi connectivity index (χ3n) is 5.74. The highest BCUT2D eigenvalue weighted by molar-refractivity contribution is 5.86. The molecule has 0 radical (unpaired) electrons. The van der Waals surface area contributed by atoms with Crippen molar-refractivity contribution in [2.24, 2.45) is 11.1 Å². The van der Waals surface area contributed by atoms with Gasteiger partial charge in [-0.25, -0.2) is 0 Å². The zero-order valence-electron chi connectivity index (χ0n) is 16.4. The van der Waals surface area contributed by atoms with Gasteiger partial charge >= 0.3 is 0 Å². The van der Waals surface area contributed by atoms with Gasteiger partial charge in [-0.3, -0.25) is 0 Å². The van der Waals surface area contributed by atoms with E-state index in [1.165, 1.54) is 116 Å². The Bertz CT molecular complexity index is 300. The maximum absolute atomic E-state index is 9.06. The molecule has 2 nitrogen and oxygen atoms in total. The first kappa shape index (κ1) is 21.5. The molecule has 1 aliphatic rings. The summed E-state index contributed by atoms with van der Waals surface area (Å²) in [5.74, 6) is 0.584. The fourth-order valence-corrected chi connectivity index (χ4v) is 4.10. The van der Waals surface area contributed by atoms with Crippen molar-refractivity contribution in [3.8, 4) is 0 Å². The van der Waals surface area contributed by atoms with Crippen LogP contribution in [0.3, 0.4) is 0 Å². The van der Waals surface area contributed by atoms with E-state index in [0.717, 1.165) is 12.1 Å². The number of unbranched alkanes of at least 4 members (excludes halogenated alkanes) is 13. The zero-order chi connectivity index (χ0) is 17.3. The second-order valence-electron chi connectivity index (χ2n) is 7.92. The van der Waals surface area contributed by atoms with Crippen LogP contribution in [0, 0.1) is 5.92 Å². The monoisotopic (exact) mass is 337 g/mol. The molecule has 0 aromatic rings. The van der Waals surface area contributed by atoms with Crippen molar-refractivity contribution in [3.05, 3.63) is 0 Å². The normalized spacial score (nSPS) is 19.9. The molecule has 0 aromatic carbocycles. The molecule has 1 N–H and O–H groups in total. The van der Waals surface area contributed by atoms with Crippen LogP contribution in [0.25, 0.3) is 0 Å². The molecule has 1 aliphatic carbocycles. The van der Waals surface area contributed by atoms with Crippen molar-refractivity contribution in [1.82, 2.24) is 0 Å². The van der Waals surface area contributed by atoms with Crippen molar-refractivity contribution in [3.63, 3.8) is 0 Å². The number of nitrogens with zero attached hydrogens (tertiary/aromatic N) is 1. The van der Waals surface area contributed by atoms with Crippen LogP contribution in [0.15, 0.2) is 5.16 Å². The molecule has 0 heterocycles. The minimum absolute atomic E-state index is 0.584. The van der Waals surface area contributed by atoms with Crippen LogP contribution >= 0.6 is 0 Å². The Balaban J connectivity index is 1.79. The van der Waals surface area contributed by atoms with Gasteiger partial charge in [-0.2, -0.15) is 0 Å². The third-order valence-corrected chi connectivity index (χ3v) is 5.74. The van der Waals surface area contributed by atoms with E-state index in [9.17, 15) is 0 Å². The van der Waals surface area contributed by atoms with E-state index in [-0.39, 0.29) is 0 Å². The van der Waals surface area contributed by atoms with Crippen molar-refractivity contribution in [1.29, 1.82) is 0 Å². The van der Waals surface area contributed by atoms with E-state index in [1.54, 1.807) is 0 Å². The Morgan fingerprint density at radius 2 is 1.25 bits per heavy atom. The Kier molecular flexibility index (Phi) is 14.3. The smallest absolute Gasteiger partial charge is 0.0601 e. The molecule has 2 heteroatoms. The maximum atomic E-state index is 9.06. The van der Waals surface area contributed by atoms with E-state index < -0.39 is 0 Å². The summed E-state index contributed by atoms with van der Waals surface area (Å²) in [7, 11) is 0. The highest BCUT2D eigenvalue weighted by Crippen LogP contribution is 2.26. The number of hydrogen-bond donors (Lipinski definition) is 1. The minimum Gasteiger partial charge on any atom is -0.411 e. The molecule has 0 aliphatic heterocycles. The van der Waals surface area contributed by atoms with Crippen LogP contribution in [-0.2, 0) is 0 Å². The highest BCUT2D eigenvalue weighted by atomic mass is 16.4. The van der Waals surface area contributed by atoms with Crippen LogP contribution < -0.4 is 0 Å². The summed E-state index contributed by atoms with van der Waals surface area (Å²) in [5, 5.41) is 12.6. The molecule has 142 valence electrons. The van der Waals surface area contributed by atoms with Gasteiger partial charge in [0.25, 0.3) is 0 Å². The average molecular weight is 338 g/mol. The first-order chi connectivity index (χ1) is 11.9. The average Bonchev–Trinajstić information content (AvgIpc) is 2.62. The Morgan fingerprint density at radius 3 is 1.75 bits per heavy atom. The molecule has 1 rings (SSSR count). The van der Waals surface area contributed by atoms with Gasteiger partial charge in [0.05, 0.1) is 5.71 Å². The zero-order valence-corrected chi connectivity index (χ0v) is 16.4. The molecule has 1 atom stereocenters. The van der Waals surface area contributed by atoms with Gasteiger partial charge in [0.2, 0.25) is 0 Å². The first-order valence-electron chi connectivity index (χ1n) is 11.1. The lowest BCUT2D eigenvalue weighted by molar-refractivity contribution is 0.307. The molecule has 24 heavy (non-hydrogen) atoms. The van der Waals surface area contributed by atoms with Gasteiger partial charge in [0, 0.05) is 5.92 Å². The summed E-state index contributed by atoms with van der Waals surface area (Å²) in [6.07, 6.45) is 26.0. The van der Waals surface area contributed by atoms with Crippen molar-refractivity contribution < 1.29 is 5.21 Å². The fourth-order valence-electron chi connectivity index (χ4n) is 4.10. The number of hydrogen-bond acceptors (Lipinski definition) is 2. The predicted octanol–water partition coefficient (Wildman–Crippen LogP) is 7.88. The Hall–Kier alpha value is -0.530. The summed E-state index contributed by atoms with van der Waals surface area (Å²) < 4.78 is 0. The third kappa shape index (κ3) is 11.1. The molecule has 0 saturated heterocycles. The first-order valence-corrected chi connectivity index (χ1v) is 11.1. The second kappa shape index (κ2) is 16.0. The van der Waals surface area contributed by atoms with Gasteiger partial charge in [-0.05, 0) is 25.7 Å². The predicted molar refractivity (Wildman–Crippen MR) is 106 cm³/mol. The molecule has 0 spiro atoms. The van der Waals surface area contributed by atoms with Crippen molar-refractivity contribution >= 4 is 5.71 Å². The van der Waals surface area contributed by atoms with E-state index in [1.807, 2.05) is 0 Å². The Morgan fingerprint density at radius 1 is 0.750 bits per heavy atom. The van der Waals surface area contributed by atoms with Crippen LogP contribution in [0.5, 0.6) is 0 Å². The van der Waals surface area contributed by atoms with Gasteiger partial charge in [-0.15, -0.1) is 0 Å². The van der Waals surface area contributed by atoms with Crippen LogP contribution in [0.2, 0.25) is 0 Å². The molecule has 0 amide bonds. The van der Waals surface area contributed by atoms with E-state index >= 15 is 0 Å². The van der Waals surface area contributed by atoms with Crippen LogP contribution in [-0.4, -0.2) is 10.9 Å². The van der Waals surface area contributed by atoms with Gasteiger partial charge in [0.1, 0.15) is 0 Å². The van der Waals surface area contributed by atoms with E-state index in [4.69, 9.17) is 5.21 Å². The molecule has 0 unspecified atom stereocenters. The standard InChI is InChI=1S/C22H43NO/c1-2-3-4-5-6-7-8-9-10-11-12-13-14-15-18-21-19-16-17-20-22(21)23-24/h21,24H,2-20H2,1H3/b23-22+/t21-/m0/s1. The molecular weight excluding hydrogens is 294 g/mol. The quantitative estimate of drug-likeness (QED) is 0.184. The maximum Gasteiger partial charge on any atom is 0.0601 e. The molecule has 0 aromatic heterocycles. The lowest BCUT2D eigenvalue weighted by Crippen LogP contribution is -2.19. The fraction of sp³-hybridized carbons (Fsp3) is 0.955. The molecule has 1 fully saturated rings. The van der Waals surface area contributed by atoms with E-state index in [2.05, 4.69) is 12.1 Å². The van der Waals surface area contributed by atoms with Crippen LogP contribution in [0.4, 0.5) is 0 Å². The van der Waals surface area contributed by atoms with Crippen LogP contribution in [0.1, 0.15) is 129 Å². The van der Waals surface area contributed by atoms with Gasteiger partial charge in [-0.1, -0.05) is 108 Å². The Labute approximate surface area is 151 Å². The number of oxime groups is 1. The summed E-state index contributed by atoms with van der Waals surface area (Å²) in [6.45, 7) is 2.29. The van der Waals surface area contributed by atoms with Gasteiger partial charge in [0.15, 0.2) is 0 Å². The topological polar surface area (TPSA) is 32.6 Å². The molecular formula is C22H43NO. The van der Waals surface area contributed by atoms with E-state index in [0.29, 0.717) is 5.92 Å². The van der Waals surface area contributed by atoms with Gasteiger partial charge < -0.3 is 5.21 Å². The largest absolute Gasteiger partial charge is 0.411 e. The summed E-state index contributed by atoms with van der Waals surface area (Å²) in [5.41, 5.74) is 1.08. The second-order valence-corrected chi connectivity index (χ2v) is 7.92. The minimum atomic E-state index is 0.584. The molecule has 1 saturated carbocycles. The summed E-state index contributed by atoms with van der Waals surface area (Å²) >= 11 is 0. The SMILES string of the molecule is CCCCCCCCCCCCCCCC[C@H]1CCCC/C1=N\O. The van der Waals surface area contributed by atoms with Crippen molar-refractivity contribution in [2.45, 2.75) is 129 Å². The lowest BCUT2D eigenvalue weighted by atomic mass is 9.84. The molecule has 0 bridgehead atoms. The summed E-state index contributed by atoms with van der Waals surface area (Å²) in [6, 6.07) is 0.